The van der Waals surface area contributed by atoms with E-state index in [1.165, 1.54) is 6.92 Å². The number of piperazine rings is 1. The average Bonchev–Trinajstić information content (AvgIpc) is 2.57. The van der Waals surface area contributed by atoms with Crippen molar-refractivity contribution in [1.29, 1.82) is 0 Å². The molecule has 0 aromatic heterocycles. The third kappa shape index (κ3) is 4.25. The Morgan fingerprint density at radius 2 is 1.48 bits per heavy atom. The highest BCUT2D eigenvalue weighted by atomic mass is 35.5. The Balaban J connectivity index is 2.08. The standard InChI is InChI=1S/C17H21Cl2N3O3/c1-11(23)21-7-9-22(10-8-21)16(25)17(2,3)15(24)20-14-12(18)5-4-6-13(14)19/h4-6H,7-10H2,1-3H3,(H,20,24). The van der Waals surface area contributed by atoms with Crippen LogP contribution in [-0.4, -0.2) is 53.7 Å². The highest BCUT2D eigenvalue weighted by molar-refractivity contribution is 6.40. The first kappa shape index (κ1) is 19.5. The minimum atomic E-state index is -1.29. The minimum absolute atomic E-state index is 0.0162. The molecule has 1 aromatic carbocycles. The molecule has 1 aliphatic heterocycles. The number of rotatable bonds is 3. The normalized spacial score (nSPS) is 15.1. The number of para-hydroxylation sites is 1. The molecule has 0 radical (unpaired) electrons. The van der Waals surface area contributed by atoms with Crippen LogP contribution >= 0.6 is 23.2 Å². The maximum Gasteiger partial charge on any atom is 0.239 e. The highest BCUT2D eigenvalue weighted by Gasteiger charge is 2.40. The molecular formula is C17H21Cl2N3O3. The highest BCUT2D eigenvalue weighted by Crippen LogP contribution is 2.32. The molecule has 0 aliphatic carbocycles. The van der Waals surface area contributed by atoms with Crippen molar-refractivity contribution >= 4 is 46.6 Å². The molecule has 1 heterocycles. The van der Waals surface area contributed by atoms with Crippen molar-refractivity contribution in [1.82, 2.24) is 9.80 Å². The molecule has 0 bridgehead atoms. The summed E-state index contributed by atoms with van der Waals surface area (Å²) < 4.78 is 0. The molecule has 1 fully saturated rings. The second-order valence-electron chi connectivity index (χ2n) is 6.47. The van der Waals surface area contributed by atoms with Gasteiger partial charge in [0.25, 0.3) is 0 Å². The molecule has 1 saturated heterocycles. The van der Waals surface area contributed by atoms with Gasteiger partial charge in [0.1, 0.15) is 5.41 Å². The Morgan fingerprint density at radius 3 is 1.96 bits per heavy atom. The van der Waals surface area contributed by atoms with E-state index < -0.39 is 11.3 Å². The maximum atomic E-state index is 12.8. The summed E-state index contributed by atoms with van der Waals surface area (Å²) in [6, 6.07) is 4.89. The molecule has 0 spiro atoms. The topological polar surface area (TPSA) is 69.7 Å². The number of anilines is 1. The zero-order valence-corrected chi connectivity index (χ0v) is 15.9. The van der Waals surface area contributed by atoms with E-state index >= 15 is 0 Å². The number of amides is 3. The van der Waals surface area contributed by atoms with Crippen LogP contribution in [0.1, 0.15) is 20.8 Å². The lowest BCUT2D eigenvalue weighted by Crippen LogP contribution is -2.55. The van der Waals surface area contributed by atoms with Gasteiger partial charge >= 0.3 is 0 Å². The largest absolute Gasteiger partial charge is 0.339 e. The summed E-state index contributed by atoms with van der Waals surface area (Å²) in [7, 11) is 0. The summed E-state index contributed by atoms with van der Waals surface area (Å²) in [5, 5.41) is 3.26. The van der Waals surface area contributed by atoms with Crippen molar-refractivity contribution in [3.8, 4) is 0 Å². The predicted octanol–water partition coefficient (Wildman–Crippen LogP) is 2.65. The van der Waals surface area contributed by atoms with Crippen LogP contribution in [0.3, 0.4) is 0 Å². The van der Waals surface area contributed by atoms with Crippen LogP contribution < -0.4 is 5.32 Å². The zero-order valence-electron chi connectivity index (χ0n) is 14.4. The van der Waals surface area contributed by atoms with Gasteiger partial charge in [0, 0.05) is 33.1 Å². The molecule has 1 N–H and O–H groups in total. The van der Waals surface area contributed by atoms with E-state index in [0.29, 0.717) is 36.2 Å². The van der Waals surface area contributed by atoms with Crippen molar-refractivity contribution in [2.75, 3.05) is 31.5 Å². The first-order chi connectivity index (χ1) is 11.6. The third-order valence-corrected chi connectivity index (χ3v) is 4.95. The Labute approximate surface area is 157 Å². The Bertz CT molecular complexity index is 678. The Morgan fingerprint density at radius 1 is 1.00 bits per heavy atom. The van der Waals surface area contributed by atoms with Gasteiger partial charge in [-0.15, -0.1) is 0 Å². The number of hydrogen-bond donors (Lipinski definition) is 1. The van der Waals surface area contributed by atoms with Gasteiger partial charge in [-0.3, -0.25) is 14.4 Å². The molecule has 25 heavy (non-hydrogen) atoms. The van der Waals surface area contributed by atoms with E-state index in [1.807, 2.05) is 0 Å². The van der Waals surface area contributed by atoms with E-state index in [0.717, 1.165) is 0 Å². The van der Waals surface area contributed by atoms with Crippen LogP contribution in [0.2, 0.25) is 10.0 Å². The molecule has 1 aromatic rings. The molecule has 136 valence electrons. The fourth-order valence-electron chi connectivity index (χ4n) is 2.60. The smallest absolute Gasteiger partial charge is 0.239 e. The van der Waals surface area contributed by atoms with Crippen molar-refractivity contribution in [2.45, 2.75) is 20.8 Å². The van der Waals surface area contributed by atoms with Crippen molar-refractivity contribution < 1.29 is 14.4 Å². The average molecular weight is 386 g/mol. The van der Waals surface area contributed by atoms with Crippen LogP contribution in [0.25, 0.3) is 0 Å². The lowest BCUT2D eigenvalue weighted by atomic mass is 9.89. The maximum absolute atomic E-state index is 12.8. The first-order valence-electron chi connectivity index (χ1n) is 7.95. The van der Waals surface area contributed by atoms with Gasteiger partial charge in [-0.05, 0) is 26.0 Å². The second-order valence-corrected chi connectivity index (χ2v) is 7.29. The van der Waals surface area contributed by atoms with Gasteiger partial charge in [-0.25, -0.2) is 0 Å². The number of nitrogens with zero attached hydrogens (tertiary/aromatic N) is 2. The quantitative estimate of drug-likeness (QED) is 0.812. The molecule has 0 saturated carbocycles. The fraction of sp³-hybridized carbons (Fsp3) is 0.471. The molecule has 2 rings (SSSR count). The van der Waals surface area contributed by atoms with Crippen LogP contribution in [-0.2, 0) is 14.4 Å². The molecule has 1 aliphatic rings. The zero-order chi connectivity index (χ0) is 18.8. The number of benzene rings is 1. The minimum Gasteiger partial charge on any atom is -0.339 e. The number of carbonyl (C=O) groups is 3. The van der Waals surface area contributed by atoms with E-state index in [2.05, 4.69) is 5.32 Å². The van der Waals surface area contributed by atoms with Gasteiger partial charge in [-0.2, -0.15) is 0 Å². The molecule has 8 heteroatoms. The second kappa shape index (κ2) is 7.62. The SMILES string of the molecule is CC(=O)N1CCN(C(=O)C(C)(C)C(=O)Nc2c(Cl)cccc2Cl)CC1. The molecular weight excluding hydrogens is 365 g/mol. The summed E-state index contributed by atoms with van der Waals surface area (Å²) >= 11 is 12.1. The molecule has 0 atom stereocenters. The van der Waals surface area contributed by atoms with Crippen LogP contribution in [0.5, 0.6) is 0 Å². The van der Waals surface area contributed by atoms with Gasteiger partial charge < -0.3 is 15.1 Å². The van der Waals surface area contributed by atoms with Crippen LogP contribution in [0.4, 0.5) is 5.69 Å². The monoisotopic (exact) mass is 385 g/mol. The number of hydrogen-bond acceptors (Lipinski definition) is 3. The molecule has 6 nitrogen and oxygen atoms in total. The van der Waals surface area contributed by atoms with Gasteiger partial charge in [0.15, 0.2) is 0 Å². The van der Waals surface area contributed by atoms with Gasteiger partial charge in [-0.1, -0.05) is 29.3 Å². The molecule has 3 amide bonds. The van der Waals surface area contributed by atoms with Crippen LogP contribution in [0, 0.1) is 5.41 Å². The first-order valence-corrected chi connectivity index (χ1v) is 8.70. The molecule has 0 unspecified atom stereocenters. The fourth-order valence-corrected chi connectivity index (χ4v) is 3.10. The van der Waals surface area contributed by atoms with Crippen molar-refractivity contribution in [3.05, 3.63) is 28.2 Å². The van der Waals surface area contributed by atoms with E-state index in [9.17, 15) is 14.4 Å². The number of carbonyl (C=O) groups excluding carboxylic acids is 3. The van der Waals surface area contributed by atoms with E-state index in [-0.39, 0.29) is 17.5 Å². The number of nitrogens with one attached hydrogen (secondary N) is 1. The third-order valence-electron chi connectivity index (χ3n) is 4.32. The summed E-state index contributed by atoms with van der Waals surface area (Å²) in [6.07, 6.45) is 0. The van der Waals surface area contributed by atoms with E-state index in [4.69, 9.17) is 23.2 Å². The summed E-state index contributed by atoms with van der Waals surface area (Å²) in [5.41, 5.74) is -1.00. The summed E-state index contributed by atoms with van der Waals surface area (Å²) in [6.45, 7) is 6.37. The van der Waals surface area contributed by atoms with Crippen LogP contribution in [0.15, 0.2) is 18.2 Å². The Kier molecular flexibility index (Phi) is 5.95. The van der Waals surface area contributed by atoms with Gasteiger partial charge in [0.2, 0.25) is 17.7 Å². The van der Waals surface area contributed by atoms with Gasteiger partial charge in [0.05, 0.1) is 15.7 Å². The lowest BCUT2D eigenvalue weighted by molar-refractivity contribution is -0.149. The summed E-state index contributed by atoms with van der Waals surface area (Å²) in [5.74, 6) is -0.796. The number of halogens is 2. The Hall–Kier alpha value is -1.79. The van der Waals surface area contributed by atoms with E-state index in [1.54, 1.807) is 41.8 Å². The lowest BCUT2D eigenvalue weighted by Gasteiger charge is -2.37. The predicted molar refractivity (Wildman–Crippen MR) is 97.7 cm³/mol. The van der Waals surface area contributed by atoms with Crippen molar-refractivity contribution in [2.24, 2.45) is 5.41 Å². The van der Waals surface area contributed by atoms with Crippen molar-refractivity contribution in [3.63, 3.8) is 0 Å². The summed E-state index contributed by atoms with van der Waals surface area (Å²) in [4.78, 5) is 40.1.